The molecule has 1 fully saturated rings. The molecule has 0 saturated carbocycles. The van der Waals surface area contributed by atoms with E-state index in [1.807, 2.05) is 0 Å². The van der Waals surface area contributed by atoms with Crippen LogP contribution in [0.3, 0.4) is 0 Å². The Bertz CT molecular complexity index is 328. The summed E-state index contributed by atoms with van der Waals surface area (Å²) in [7, 11) is 0. The number of hydrogen-bond acceptors (Lipinski definition) is 1. The SMILES string of the molecule is Cc1cccc(C)c1CN1CCC(Br)C1. The second kappa shape index (κ2) is 4.67. The number of halogens is 1. The normalized spacial score (nSPS) is 22.2. The molecule has 0 aromatic heterocycles. The van der Waals surface area contributed by atoms with Crippen LogP contribution in [-0.2, 0) is 6.54 Å². The van der Waals surface area contributed by atoms with Crippen LogP contribution in [0.1, 0.15) is 23.1 Å². The van der Waals surface area contributed by atoms with Gasteiger partial charge in [-0.2, -0.15) is 0 Å². The van der Waals surface area contributed by atoms with E-state index >= 15 is 0 Å². The summed E-state index contributed by atoms with van der Waals surface area (Å²) in [5, 5.41) is 0. The molecule has 82 valence electrons. The first-order valence-corrected chi connectivity index (χ1v) is 6.50. The summed E-state index contributed by atoms with van der Waals surface area (Å²) >= 11 is 3.69. The van der Waals surface area contributed by atoms with Gasteiger partial charge in [0.25, 0.3) is 0 Å². The summed E-state index contributed by atoms with van der Waals surface area (Å²) in [4.78, 5) is 3.23. The Morgan fingerprint density at radius 1 is 1.33 bits per heavy atom. The fourth-order valence-corrected chi connectivity index (χ4v) is 2.87. The van der Waals surface area contributed by atoms with Crippen LogP contribution in [0.15, 0.2) is 18.2 Å². The van der Waals surface area contributed by atoms with Crippen molar-refractivity contribution in [3.63, 3.8) is 0 Å². The van der Waals surface area contributed by atoms with E-state index in [4.69, 9.17) is 0 Å². The summed E-state index contributed by atoms with van der Waals surface area (Å²) in [6, 6.07) is 6.57. The minimum atomic E-state index is 0.696. The number of nitrogens with zero attached hydrogens (tertiary/aromatic N) is 1. The highest BCUT2D eigenvalue weighted by molar-refractivity contribution is 9.09. The molecule has 0 bridgehead atoms. The number of hydrogen-bond donors (Lipinski definition) is 0. The number of benzene rings is 1. The Balaban J connectivity index is 2.10. The minimum absolute atomic E-state index is 0.696. The standard InChI is InChI=1S/C13H18BrN/c1-10-4-3-5-11(2)13(10)9-15-7-6-12(14)8-15/h3-5,12H,6-9H2,1-2H3. The Hall–Kier alpha value is -0.340. The lowest BCUT2D eigenvalue weighted by Crippen LogP contribution is -2.21. The number of alkyl halides is 1. The van der Waals surface area contributed by atoms with E-state index in [0.717, 1.165) is 6.54 Å². The van der Waals surface area contributed by atoms with Crippen LogP contribution in [0.2, 0.25) is 0 Å². The van der Waals surface area contributed by atoms with Crippen molar-refractivity contribution in [2.45, 2.75) is 31.6 Å². The zero-order valence-corrected chi connectivity index (χ0v) is 11.0. The number of rotatable bonds is 2. The molecule has 1 heterocycles. The first kappa shape index (κ1) is 11.2. The van der Waals surface area contributed by atoms with Crippen molar-refractivity contribution in [2.24, 2.45) is 0 Å². The predicted octanol–water partition coefficient (Wildman–Crippen LogP) is 3.27. The second-order valence-electron chi connectivity index (χ2n) is 4.49. The van der Waals surface area contributed by atoms with Crippen LogP contribution < -0.4 is 0 Å². The summed E-state index contributed by atoms with van der Waals surface area (Å²) in [5.74, 6) is 0. The third kappa shape index (κ3) is 2.61. The molecule has 1 saturated heterocycles. The monoisotopic (exact) mass is 267 g/mol. The average Bonchev–Trinajstić information content (AvgIpc) is 2.58. The van der Waals surface area contributed by atoms with Crippen LogP contribution in [0.5, 0.6) is 0 Å². The summed E-state index contributed by atoms with van der Waals surface area (Å²) < 4.78 is 0. The highest BCUT2D eigenvalue weighted by atomic mass is 79.9. The second-order valence-corrected chi connectivity index (χ2v) is 5.79. The lowest BCUT2D eigenvalue weighted by atomic mass is 10.0. The van der Waals surface area contributed by atoms with Gasteiger partial charge >= 0.3 is 0 Å². The maximum absolute atomic E-state index is 3.69. The topological polar surface area (TPSA) is 3.24 Å². The molecule has 2 rings (SSSR count). The van der Waals surface area contributed by atoms with Gasteiger partial charge in [0.05, 0.1) is 0 Å². The Labute approximate surface area is 101 Å². The fraction of sp³-hybridized carbons (Fsp3) is 0.538. The van der Waals surface area contributed by atoms with Crippen molar-refractivity contribution in [1.29, 1.82) is 0 Å². The largest absolute Gasteiger partial charge is 0.298 e. The van der Waals surface area contributed by atoms with Crippen LogP contribution in [0.25, 0.3) is 0 Å². The van der Waals surface area contributed by atoms with E-state index < -0.39 is 0 Å². The lowest BCUT2D eigenvalue weighted by Gasteiger charge is -2.18. The van der Waals surface area contributed by atoms with Gasteiger partial charge in [0.15, 0.2) is 0 Å². The van der Waals surface area contributed by atoms with E-state index in [9.17, 15) is 0 Å². The summed E-state index contributed by atoms with van der Waals surface area (Å²) in [5.41, 5.74) is 4.36. The van der Waals surface area contributed by atoms with Gasteiger partial charge in [0.2, 0.25) is 0 Å². The first-order chi connectivity index (χ1) is 7.16. The van der Waals surface area contributed by atoms with Crippen molar-refractivity contribution in [1.82, 2.24) is 4.90 Å². The van der Waals surface area contributed by atoms with E-state index in [2.05, 4.69) is 52.9 Å². The number of aryl methyl sites for hydroxylation is 2. The highest BCUT2D eigenvalue weighted by Gasteiger charge is 2.20. The molecular formula is C13H18BrN. The lowest BCUT2D eigenvalue weighted by molar-refractivity contribution is 0.331. The van der Waals surface area contributed by atoms with E-state index in [1.54, 1.807) is 0 Å². The molecule has 0 radical (unpaired) electrons. The molecule has 0 N–H and O–H groups in total. The molecule has 15 heavy (non-hydrogen) atoms. The molecule has 0 spiro atoms. The molecule has 0 aliphatic carbocycles. The van der Waals surface area contributed by atoms with Crippen molar-refractivity contribution >= 4 is 15.9 Å². The van der Waals surface area contributed by atoms with Gasteiger partial charge in [-0.1, -0.05) is 34.1 Å². The van der Waals surface area contributed by atoms with E-state index in [0.29, 0.717) is 4.83 Å². The summed E-state index contributed by atoms with van der Waals surface area (Å²) in [6.45, 7) is 7.95. The highest BCUT2D eigenvalue weighted by Crippen LogP contribution is 2.21. The zero-order valence-electron chi connectivity index (χ0n) is 9.46. The molecule has 1 aromatic carbocycles. The molecule has 1 unspecified atom stereocenters. The molecule has 1 aliphatic heterocycles. The molecule has 2 heteroatoms. The van der Waals surface area contributed by atoms with Crippen molar-refractivity contribution in [3.05, 3.63) is 34.9 Å². The quantitative estimate of drug-likeness (QED) is 0.744. The Kier molecular flexibility index (Phi) is 3.47. The van der Waals surface area contributed by atoms with Crippen molar-refractivity contribution in [2.75, 3.05) is 13.1 Å². The predicted molar refractivity (Wildman–Crippen MR) is 68.5 cm³/mol. The molecule has 1 aromatic rings. The molecular weight excluding hydrogens is 250 g/mol. The third-order valence-electron chi connectivity index (χ3n) is 3.24. The van der Waals surface area contributed by atoms with Crippen LogP contribution in [0.4, 0.5) is 0 Å². The average molecular weight is 268 g/mol. The van der Waals surface area contributed by atoms with Gasteiger partial charge in [-0.15, -0.1) is 0 Å². The maximum atomic E-state index is 3.69. The van der Waals surface area contributed by atoms with Gasteiger partial charge in [-0.05, 0) is 43.5 Å². The van der Waals surface area contributed by atoms with Gasteiger partial charge in [0.1, 0.15) is 0 Å². The van der Waals surface area contributed by atoms with Crippen molar-refractivity contribution < 1.29 is 0 Å². The number of likely N-dealkylation sites (tertiary alicyclic amines) is 1. The van der Waals surface area contributed by atoms with Crippen LogP contribution >= 0.6 is 15.9 Å². The molecule has 0 amide bonds. The zero-order chi connectivity index (χ0) is 10.8. The smallest absolute Gasteiger partial charge is 0.0285 e. The van der Waals surface area contributed by atoms with Gasteiger partial charge in [0, 0.05) is 17.9 Å². The van der Waals surface area contributed by atoms with E-state index in [-0.39, 0.29) is 0 Å². The summed E-state index contributed by atoms with van der Waals surface area (Å²) in [6.07, 6.45) is 1.28. The van der Waals surface area contributed by atoms with Gasteiger partial charge < -0.3 is 0 Å². The molecule has 1 aliphatic rings. The Morgan fingerprint density at radius 2 is 2.00 bits per heavy atom. The fourth-order valence-electron chi connectivity index (χ4n) is 2.25. The van der Waals surface area contributed by atoms with Gasteiger partial charge in [-0.25, -0.2) is 0 Å². The van der Waals surface area contributed by atoms with Crippen LogP contribution in [-0.4, -0.2) is 22.8 Å². The van der Waals surface area contributed by atoms with Crippen LogP contribution in [0, 0.1) is 13.8 Å². The molecule has 1 atom stereocenters. The first-order valence-electron chi connectivity index (χ1n) is 5.58. The van der Waals surface area contributed by atoms with Crippen molar-refractivity contribution in [3.8, 4) is 0 Å². The van der Waals surface area contributed by atoms with Gasteiger partial charge in [-0.3, -0.25) is 4.90 Å². The molecule has 1 nitrogen and oxygen atoms in total. The minimum Gasteiger partial charge on any atom is -0.298 e. The third-order valence-corrected chi connectivity index (χ3v) is 3.99. The maximum Gasteiger partial charge on any atom is 0.0285 e. The van der Waals surface area contributed by atoms with E-state index in [1.165, 1.54) is 36.2 Å². The Morgan fingerprint density at radius 3 is 2.53 bits per heavy atom.